The van der Waals surface area contributed by atoms with Crippen molar-refractivity contribution in [1.29, 1.82) is 0 Å². The second-order valence-corrected chi connectivity index (χ2v) is 6.24. The molecule has 1 aromatic carbocycles. The molecule has 0 spiro atoms. The van der Waals surface area contributed by atoms with Gasteiger partial charge in [0, 0.05) is 25.7 Å². The SMILES string of the molecule is C=CCOC[C@H]1C[C@@H]2[C@@H](C1)OCCN2Cc1ccc(F)cc1. The maximum absolute atomic E-state index is 13.0. The zero-order chi connectivity index (χ0) is 15.4. The Balaban J connectivity index is 1.58. The molecule has 0 N–H and O–H groups in total. The fourth-order valence-corrected chi connectivity index (χ4v) is 3.60. The summed E-state index contributed by atoms with van der Waals surface area (Å²) in [5.41, 5.74) is 1.16. The Labute approximate surface area is 131 Å². The maximum Gasteiger partial charge on any atom is 0.123 e. The molecule has 120 valence electrons. The fraction of sp³-hybridized carbons (Fsp3) is 0.556. The van der Waals surface area contributed by atoms with E-state index in [1.807, 2.05) is 12.1 Å². The molecule has 3 atom stereocenters. The smallest absolute Gasteiger partial charge is 0.123 e. The van der Waals surface area contributed by atoms with E-state index in [-0.39, 0.29) is 5.82 Å². The molecular formula is C18H24FNO2. The summed E-state index contributed by atoms with van der Waals surface area (Å²) in [6.45, 7) is 7.67. The summed E-state index contributed by atoms with van der Waals surface area (Å²) in [7, 11) is 0. The summed E-state index contributed by atoms with van der Waals surface area (Å²) in [6.07, 6.45) is 4.29. The highest BCUT2D eigenvalue weighted by Gasteiger charge is 2.40. The number of rotatable bonds is 6. The van der Waals surface area contributed by atoms with Crippen molar-refractivity contribution in [3.8, 4) is 0 Å². The van der Waals surface area contributed by atoms with Crippen molar-refractivity contribution in [2.45, 2.75) is 31.5 Å². The lowest BCUT2D eigenvalue weighted by molar-refractivity contribution is -0.0591. The number of hydrogen-bond donors (Lipinski definition) is 0. The lowest BCUT2D eigenvalue weighted by Gasteiger charge is -2.37. The van der Waals surface area contributed by atoms with Gasteiger partial charge in [-0.25, -0.2) is 4.39 Å². The van der Waals surface area contributed by atoms with Gasteiger partial charge in [0.25, 0.3) is 0 Å². The van der Waals surface area contributed by atoms with Gasteiger partial charge in [-0.15, -0.1) is 6.58 Å². The van der Waals surface area contributed by atoms with E-state index in [0.717, 1.165) is 44.7 Å². The van der Waals surface area contributed by atoms with Gasteiger partial charge in [0.2, 0.25) is 0 Å². The van der Waals surface area contributed by atoms with Crippen molar-refractivity contribution in [3.05, 3.63) is 48.3 Å². The summed E-state index contributed by atoms with van der Waals surface area (Å²) in [5, 5.41) is 0. The summed E-state index contributed by atoms with van der Waals surface area (Å²) >= 11 is 0. The van der Waals surface area contributed by atoms with Crippen molar-refractivity contribution in [2.75, 3.05) is 26.4 Å². The zero-order valence-corrected chi connectivity index (χ0v) is 12.9. The van der Waals surface area contributed by atoms with Gasteiger partial charge >= 0.3 is 0 Å². The van der Waals surface area contributed by atoms with E-state index in [2.05, 4.69) is 11.5 Å². The third kappa shape index (κ3) is 3.75. The number of benzene rings is 1. The lowest BCUT2D eigenvalue weighted by Crippen LogP contribution is -2.47. The van der Waals surface area contributed by atoms with Crippen LogP contribution < -0.4 is 0 Å². The first-order valence-electron chi connectivity index (χ1n) is 8.05. The van der Waals surface area contributed by atoms with Crippen LogP contribution in [0, 0.1) is 11.7 Å². The van der Waals surface area contributed by atoms with Crippen LogP contribution in [0.5, 0.6) is 0 Å². The Morgan fingerprint density at radius 1 is 1.32 bits per heavy atom. The Hall–Kier alpha value is -1.23. The Morgan fingerprint density at radius 3 is 2.91 bits per heavy atom. The molecule has 0 bridgehead atoms. The topological polar surface area (TPSA) is 21.7 Å². The number of halogens is 1. The molecule has 1 heterocycles. The molecule has 2 aliphatic rings. The van der Waals surface area contributed by atoms with Gasteiger partial charge in [-0.3, -0.25) is 4.90 Å². The van der Waals surface area contributed by atoms with E-state index in [1.54, 1.807) is 6.08 Å². The van der Waals surface area contributed by atoms with Crippen LogP contribution in [0.4, 0.5) is 4.39 Å². The van der Waals surface area contributed by atoms with E-state index < -0.39 is 0 Å². The minimum atomic E-state index is -0.177. The summed E-state index contributed by atoms with van der Waals surface area (Å²) in [4.78, 5) is 2.48. The average molecular weight is 305 g/mol. The molecule has 3 rings (SSSR count). The van der Waals surface area contributed by atoms with Gasteiger partial charge in [-0.05, 0) is 36.5 Å². The molecule has 0 amide bonds. The van der Waals surface area contributed by atoms with Crippen LogP contribution >= 0.6 is 0 Å². The highest BCUT2D eigenvalue weighted by atomic mass is 19.1. The first-order valence-corrected chi connectivity index (χ1v) is 8.05. The second-order valence-electron chi connectivity index (χ2n) is 6.24. The average Bonchev–Trinajstić information content (AvgIpc) is 2.94. The van der Waals surface area contributed by atoms with Gasteiger partial charge < -0.3 is 9.47 Å². The van der Waals surface area contributed by atoms with Crippen molar-refractivity contribution < 1.29 is 13.9 Å². The van der Waals surface area contributed by atoms with E-state index in [9.17, 15) is 4.39 Å². The van der Waals surface area contributed by atoms with E-state index in [0.29, 0.717) is 24.7 Å². The number of nitrogens with zero attached hydrogens (tertiary/aromatic N) is 1. The molecule has 1 aliphatic carbocycles. The molecule has 1 aliphatic heterocycles. The molecule has 4 heteroatoms. The quantitative estimate of drug-likeness (QED) is 0.596. The minimum absolute atomic E-state index is 0.177. The molecule has 0 radical (unpaired) electrons. The third-order valence-electron chi connectivity index (χ3n) is 4.64. The zero-order valence-electron chi connectivity index (χ0n) is 12.9. The molecule has 2 fully saturated rings. The highest BCUT2D eigenvalue weighted by molar-refractivity contribution is 5.16. The van der Waals surface area contributed by atoms with Gasteiger partial charge in [0.1, 0.15) is 5.82 Å². The van der Waals surface area contributed by atoms with Crippen LogP contribution in [-0.2, 0) is 16.0 Å². The van der Waals surface area contributed by atoms with Crippen LogP contribution in [0.3, 0.4) is 0 Å². The predicted molar refractivity (Wildman–Crippen MR) is 84.1 cm³/mol. The third-order valence-corrected chi connectivity index (χ3v) is 4.64. The van der Waals surface area contributed by atoms with Gasteiger partial charge in [0.05, 0.1) is 19.3 Å². The highest BCUT2D eigenvalue weighted by Crippen LogP contribution is 2.35. The van der Waals surface area contributed by atoms with Crippen molar-refractivity contribution in [3.63, 3.8) is 0 Å². The molecule has 1 aromatic rings. The van der Waals surface area contributed by atoms with Gasteiger partial charge in [-0.1, -0.05) is 18.2 Å². The van der Waals surface area contributed by atoms with E-state index in [1.165, 1.54) is 12.1 Å². The molecule has 0 aromatic heterocycles. The number of hydrogen-bond acceptors (Lipinski definition) is 3. The first kappa shape index (κ1) is 15.7. The fourth-order valence-electron chi connectivity index (χ4n) is 3.60. The molecule has 1 saturated carbocycles. The lowest BCUT2D eigenvalue weighted by atomic mass is 10.1. The maximum atomic E-state index is 13.0. The number of fused-ring (bicyclic) bond motifs is 1. The molecule has 0 unspecified atom stereocenters. The molecule has 3 nitrogen and oxygen atoms in total. The van der Waals surface area contributed by atoms with E-state index in [4.69, 9.17) is 9.47 Å². The number of morpholine rings is 1. The van der Waals surface area contributed by atoms with Crippen LogP contribution in [-0.4, -0.2) is 43.4 Å². The largest absolute Gasteiger partial charge is 0.377 e. The molecule has 22 heavy (non-hydrogen) atoms. The Kier molecular flexibility index (Phi) is 5.24. The predicted octanol–water partition coefficient (Wildman–Crippen LogP) is 3.01. The summed E-state index contributed by atoms with van der Waals surface area (Å²) < 4.78 is 24.6. The van der Waals surface area contributed by atoms with Crippen LogP contribution in [0.1, 0.15) is 18.4 Å². The monoisotopic (exact) mass is 305 g/mol. The van der Waals surface area contributed by atoms with Crippen molar-refractivity contribution in [1.82, 2.24) is 4.90 Å². The van der Waals surface area contributed by atoms with Crippen molar-refractivity contribution in [2.24, 2.45) is 5.92 Å². The Morgan fingerprint density at radius 2 is 2.14 bits per heavy atom. The number of ether oxygens (including phenoxy) is 2. The van der Waals surface area contributed by atoms with Gasteiger partial charge in [0.15, 0.2) is 0 Å². The second kappa shape index (κ2) is 7.36. The minimum Gasteiger partial charge on any atom is -0.377 e. The van der Waals surface area contributed by atoms with Crippen molar-refractivity contribution >= 4 is 0 Å². The van der Waals surface area contributed by atoms with E-state index >= 15 is 0 Å². The first-order chi connectivity index (χ1) is 10.8. The standard InChI is InChI=1S/C18H24FNO2/c1-2-8-21-13-15-10-17-18(11-15)22-9-7-20(17)12-14-3-5-16(19)6-4-14/h2-6,15,17-18H,1,7-13H2/t15-,17+,18+/m0/s1. The van der Waals surface area contributed by atoms with Gasteiger partial charge in [-0.2, -0.15) is 0 Å². The van der Waals surface area contributed by atoms with Crippen LogP contribution in [0.15, 0.2) is 36.9 Å². The van der Waals surface area contributed by atoms with Crippen LogP contribution in [0.2, 0.25) is 0 Å². The summed E-state index contributed by atoms with van der Waals surface area (Å²) in [5.74, 6) is 0.382. The summed E-state index contributed by atoms with van der Waals surface area (Å²) in [6, 6.07) is 7.27. The normalized spacial score (nSPS) is 28.5. The molecular weight excluding hydrogens is 281 g/mol. The Bertz CT molecular complexity index is 490. The van der Waals surface area contributed by atoms with Crippen LogP contribution in [0.25, 0.3) is 0 Å². The molecule has 1 saturated heterocycles.